The summed E-state index contributed by atoms with van der Waals surface area (Å²) in [5.41, 5.74) is 2.45. The number of rotatable bonds is 4. The highest BCUT2D eigenvalue weighted by Gasteiger charge is 2.11. The van der Waals surface area contributed by atoms with Gasteiger partial charge in [0.05, 0.1) is 29.2 Å². The first-order valence-corrected chi connectivity index (χ1v) is 8.09. The predicted molar refractivity (Wildman–Crippen MR) is 92.9 cm³/mol. The first-order valence-electron chi connectivity index (χ1n) is 7.27. The molecule has 3 aromatic rings. The van der Waals surface area contributed by atoms with E-state index in [0.717, 1.165) is 26.5 Å². The molecule has 1 N–H and O–H groups in total. The summed E-state index contributed by atoms with van der Waals surface area (Å²) in [7, 11) is 1.64. The van der Waals surface area contributed by atoms with Crippen LogP contribution in [0, 0.1) is 5.92 Å². The lowest BCUT2D eigenvalue weighted by molar-refractivity contribution is -0.118. The van der Waals surface area contributed by atoms with Crippen molar-refractivity contribution in [1.29, 1.82) is 0 Å². The van der Waals surface area contributed by atoms with Crippen LogP contribution in [0.3, 0.4) is 0 Å². The number of nitrogens with zero attached hydrogens (tertiary/aromatic N) is 2. The third-order valence-electron chi connectivity index (χ3n) is 3.37. The maximum atomic E-state index is 11.8. The van der Waals surface area contributed by atoms with Crippen molar-refractivity contribution in [3.63, 3.8) is 0 Å². The second-order valence-corrected chi connectivity index (χ2v) is 6.49. The van der Waals surface area contributed by atoms with E-state index < -0.39 is 0 Å². The Morgan fingerprint density at radius 3 is 2.83 bits per heavy atom. The van der Waals surface area contributed by atoms with Crippen LogP contribution in [-0.2, 0) is 4.79 Å². The van der Waals surface area contributed by atoms with Crippen molar-refractivity contribution in [3.8, 4) is 16.3 Å². The Kier molecular flexibility index (Phi) is 4.25. The molecule has 0 aliphatic carbocycles. The quantitative estimate of drug-likeness (QED) is 0.788. The number of hydrogen-bond acceptors (Lipinski definition) is 5. The first-order chi connectivity index (χ1) is 11.1. The fraction of sp³-hybridized carbons (Fsp3) is 0.235. The van der Waals surface area contributed by atoms with Crippen LogP contribution in [0.4, 0.5) is 5.69 Å². The number of anilines is 1. The zero-order valence-corrected chi connectivity index (χ0v) is 14.0. The smallest absolute Gasteiger partial charge is 0.226 e. The Balaban J connectivity index is 1.93. The van der Waals surface area contributed by atoms with E-state index in [-0.39, 0.29) is 11.8 Å². The Bertz CT molecular complexity index is 858. The molecule has 0 aliphatic heterocycles. The van der Waals surface area contributed by atoms with E-state index in [9.17, 15) is 4.79 Å². The minimum absolute atomic E-state index is 0.0296. The van der Waals surface area contributed by atoms with E-state index in [0.29, 0.717) is 5.69 Å². The highest BCUT2D eigenvalue weighted by molar-refractivity contribution is 7.21. The molecule has 0 unspecified atom stereocenters. The summed E-state index contributed by atoms with van der Waals surface area (Å²) in [5.74, 6) is 0.678. The molecule has 0 bridgehead atoms. The van der Waals surface area contributed by atoms with Crippen LogP contribution < -0.4 is 10.1 Å². The fourth-order valence-corrected chi connectivity index (χ4v) is 3.00. The highest BCUT2D eigenvalue weighted by atomic mass is 32.1. The fourth-order valence-electron chi connectivity index (χ4n) is 2.07. The van der Waals surface area contributed by atoms with Gasteiger partial charge in [-0.3, -0.25) is 9.78 Å². The van der Waals surface area contributed by atoms with E-state index in [2.05, 4.69) is 15.3 Å². The van der Waals surface area contributed by atoms with E-state index >= 15 is 0 Å². The number of benzene rings is 1. The van der Waals surface area contributed by atoms with Crippen molar-refractivity contribution in [2.75, 3.05) is 12.4 Å². The van der Waals surface area contributed by atoms with Gasteiger partial charge < -0.3 is 10.1 Å². The van der Waals surface area contributed by atoms with Gasteiger partial charge in [-0.25, -0.2) is 4.98 Å². The molecule has 1 amide bonds. The molecule has 0 saturated heterocycles. The molecule has 0 aliphatic rings. The standard InChI is InChI=1S/C17H17N3O2S/c1-10(2)16(21)19-12-6-11(8-18-9-12)17-20-14-7-13(22-3)4-5-15(14)23-17/h4-10H,1-3H3,(H,19,21). The Hall–Kier alpha value is -2.47. The third kappa shape index (κ3) is 3.32. The van der Waals surface area contributed by atoms with Gasteiger partial charge in [0.2, 0.25) is 5.91 Å². The van der Waals surface area contributed by atoms with Gasteiger partial charge in [0.25, 0.3) is 0 Å². The SMILES string of the molecule is COc1ccc2sc(-c3cncc(NC(=O)C(C)C)c3)nc2c1. The summed E-state index contributed by atoms with van der Waals surface area (Å²) >= 11 is 1.58. The zero-order chi connectivity index (χ0) is 16.4. The van der Waals surface area contributed by atoms with E-state index in [4.69, 9.17) is 4.74 Å². The van der Waals surface area contributed by atoms with Gasteiger partial charge in [0.15, 0.2) is 0 Å². The van der Waals surface area contributed by atoms with Gasteiger partial charge in [0.1, 0.15) is 10.8 Å². The van der Waals surface area contributed by atoms with Crippen LogP contribution in [0.2, 0.25) is 0 Å². The Labute approximate surface area is 138 Å². The van der Waals surface area contributed by atoms with Crippen LogP contribution in [0.1, 0.15) is 13.8 Å². The van der Waals surface area contributed by atoms with E-state index in [1.165, 1.54) is 0 Å². The van der Waals surface area contributed by atoms with E-state index in [1.807, 2.05) is 38.1 Å². The second kappa shape index (κ2) is 6.34. The number of fused-ring (bicyclic) bond motifs is 1. The van der Waals surface area contributed by atoms with Gasteiger partial charge in [-0.2, -0.15) is 0 Å². The number of thiazole rings is 1. The lowest BCUT2D eigenvalue weighted by Crippen LogP contribution is -2.17. The third-order valence-corrected chi connectivity index (χ3v) is 4.46. The van der Waals surface area contributed by atoms with Gasteiger partial charge >= 0.3 is 0 Å². The summed E-state index contributed by atoms with van der Waals surface area (Å²) in [6.07, 6.45) is 3.39. The second-order valence-electron chi connectivity index (χ2n) is 5.46. The number of nitrogens with one attached hydrogen (secondary N) is 1. The molecule has 0 fully saturated rings. The molecule has 0 atom stereocenters. The van der Waals surface area contributed by atoms with Gasteiger partial charge in [0, 0.05) is 23.7 Å². The maximum absolute atomic E-state index is 11.8. The van der Waals surface area contributed by atoms with Crippen LogP contribution in [-0.4, -0.2) is 23.0 Å². The molecule has 3 rings (SSSR count). The molecule has 23 heavy (non-hydrogen) atoms. The number of carbonyl (C=O) groups is 1. The summed E-state index contributed by atoms with van der Waals surface area (Å²) < 4.78 is 6.31. The molecule has 0 spiro atoms. The average molecular weight is 327 g/mol. The molecule has 2 aromatic heterocycles. The van der Waals surface area contributed by atoms with Gasteiger partial charge in [-0.15, -0.1) is 11.3 Å². The number of ether oxygens (including phenoxy) is 1. The predicted octanol–water partition coefficient (Wildman–Crippen LogP) is 3.96. The largest absolute Gasteiger partial charge is 0.497 e. The molecule has 118 valence electrons. The molecule has 6 heteroatoms. The lowest BCUT2D eigenvalue weighted by atomic mass is 10.2. The van der Waals surface area contributed by atoms with Crippen molar-refractivity contribution < 1.29 is 9.53 Å². The average Bonchev–Trinajstić information content (AvgIpc) is 2.98. The minimum atomic E-state index is -0.0754. The summed E-state index contributed by atoms with van der Waals surface area (Å²) in [6.45, 7) is 3.71. The molecule has 0 saturated carbocycles. The summed E-state index contributed by atoms with van der Waals surface area (Å²) in [6, 6.07) is 7.71. The number of aromatic nitrogens is 2. The number of pyridine rings is 1. The number of carbonyl (C=O) groups excluding carboxylic acids is 1. The summed E-state index contributed by atoms with van der Waals surface area (Å²) in [4.78, 5) is 20.6. The number of amides is 1. The monoisotopic (exact) mass is 327 g/mol. The topological polar surface area (TPSA) is 64.1 Å². The first kappa shape index (κ1) is 15.4. The zero-order valence-electron chi connectivity index (χ0n) is 13.2. The molecule has 0 radical (unpaired) electrons. The molecular formula is C17H17N3O2S. The maximum Gasteiger partial charge on any atom is 0.226 e. The van der Waals surface area contributed by atoms with Crippen molar-refractivity contribution >= 4 is 33.1 Å². The Morgan fingerprint density at radius 2 is 2.09 bits per heavy atom. The Morgan fingerprint density at radius 1 is 1.26 bits per heavy atom. The van der Waals surface area contributed by atoms with Crippen molar-refractivity contribution in [3.05, 3.63) is 36.7 Å². The van der Waals surface area contributed by atoms with Crippen LogP contribution in [0.25, 0.3) is 20.8 Å². The van der Waals surface area contributed by atoms with Crippen molar-refractivity contribution in [2.24, 2.45) is 5.92 Å². The molecular weight excluding hydrogens is 310 g/mol. The van der Waals surface area contributed by atoms with E-state index in [1.54, 1.807) is 30.8 Å². The molecule has 2 heterocycles. The molecule has 1 aromatic carbocycles. The lowest BCUT2D eigenvalue weighted by Gasteiger charge is -2.07. The van der Waals surface area contributed by atoms with Crippen molar-refractivity contribution in [2.45, 2.75) is 13.8 Å². The highest BCUT2D eigenvalue weighted by Crippen LogP contribution is 2.32. The van der Waals surface area contributed by atoms with Crippen LogP contribution in [0.15, 0.2) is 36.7 Å². The number of methoxy groups -OCH3 is 1. The molecule has 5 nitrogen and oxygen atoms in total. The van der Waals surface area contributed by atoms with Gasteiger partial charge in [-0.1, -0.05) is 13.8 Å². The van der Waals surface area contributed by atoms with Crippen molar-refractivity contribution in [1.82, 2.24) is 9.97 Å². The normalized spacial score (nSPS) is 11.0. The van der Waals surface area contributed by atoms with Crippen LogP contribution in [0.5, 0.6) is 5.75 Å². The number of hydrogen-bond donors (Lipinski definition) is 1. The van der Waals surface area contributed by atoms with Gasteiger partial charge in [-0.05, 0) is 18.2 Å². The summed E-state index contributed by atoms with van der Waals surface area (Å²) in [5, 5.41) is 3.72. The minimum Gasteiger partial charge on any atom is -0.497 e. The van der Waals surface area contributed by atoms with Crippen LogP contribution >= 0.6 is 11.3 Å².